The Morgan fingerprint density at radius 3 is 1.17 bits per heavy atom. The molecule has 0 aromatic rings. The van der Waals surface area contributed by atoms with Crippen molar-refractivity contribution in [1.29, 1.82) is 0 Å². The van der Waals surface area contributed by atoms with Gasteiger partial charge in [0, 0.05) is 6.42 Å². The maximum absolute atomic E-state index is 13.1. The van der Waals surface area contributed by atoms with Gasteiger partial charge in [0.25, 0.3) is 0 Å². The van der Waals surface area contributed by atoms with Crippen molar-refractivity contribution in [3.05, 3.63) is 60.8 Å². The second kappa shape index (κ2) is 58.1. The van der Waals surface area contributed by atoms with E-state index in [9.17, 15) is 30.3 Å². The fraction of sp³-hybridized carbons (Fsp3) is 0.841. The van der Waals surface area contributed by atoms with Crippen LogP contribution in [0.2, 0.25) is 0 Å². The predicted molar refractivity (Wildman–Crippen MR) is 332 cm³/mol. The third-order valence-corrected chi connectivity index (χ3v) is 15.8. The van der Waals surface area contributed by atoms with Gasteiger partial charge in [0.15, 0.2) is 6.29 Å². The number of unbranched alkanes of at least 4 members (excludes halogenated alkanes) is 40. The van der Waals surface area contributed by atoms with E-state index in [2.05, 4.69) is 67.8 Å². The van der Waals surface area contributed by atoms with Crippen LogP contribution in [0.1, 0.15) is 316 Å². The zero-order valence-electron chi connectivity index (χ0n) is 50.9. The molecule has 0 spiro atoms. The van der Waals surface area contributed by atoms with Crippen LogP contribution in [-0.2, 0) is 14.3 Å². The number of carbonyl (C=O) groups excluding carboxylic acids is 1. The smallest absolute Gasteiger partial charge is 0.220 e. The average Bonchev–Trinajstić information content (AvgIpc) is 3.45. The number of hydrogen-bond donors (Lipinski definition) is 6. The molecule has 1 saturated heterocycles. The summed E-state index contributed by atoms with van der Waals surface area (Å²) in [7, 11) is 0. The number of hydrogen-bond acceptors (Lipinski definition) is 8. The minimum absolute atomic E-state index is 0.182. The van der Waals surface area contributed by atoms with E-state index >= 15 is 0 Å². The Morgan fingerprint density at radius 2 is 0.769 bits per heavy atom. The summed E-state index contributed by atoms with van der Waals surface area (Å²) >= 11 is 0. The van der Waals surface area contributed by atoms with Crippen LogP contribution in [0, 0.1) is 0 Å². The maximum atomic E-state index is 13.1. The van der Waals surface area contributed by atoms with Crippen LogP contribution in [0.4, 0.5) is 0 Å². The van der Waals surface area contributed by atoms with E-state index < -0.39 is 49.5 Å². The van der Waals surface area contributed by atoms with Crippen molar-refractivity contribution in [3.8, 4) is 0 Å². The van der Waals surface area contributed by atoms with Crippen LogP contribution in [0.3, 0.4) is 0 Å². The van der Waals surface area contributed by atoms with Crippen molar-refractivity contribution in [2.24, 2.45) is 0 Å². The number of carbonyl (C=O) groups is 1. The summed E-state index contributed by atoms with van der Waals surface area (Å²) < 4.78 is 11.3. The van der Waals surface area contributed by atoms with Crippen molar-refractivity contribution < 1.29 is 39.8 Å². The summed E-state index contributed by atoms with van der Waals surface area (Å²) in [6.45, 7) is 3.78. The standard InChI is InChI=1S/C69H127NO8/c1-3-5-7-9-11-13-15-17-19-21-23-24-25-26-27-28-29-30-31-32-33-34-35-36-37-38-39-40-41-43-45-47-49-51-53-55-57-59-65(73)70-62(61-77-69-68(76)67(75)66(74)64(60-71)78-69)63(72)58-56-54-52-50-48-46-44-42-22-20-18-16-14-12-10-8-6-4-2/h15,17,21,23,25-26,48,50,56,58,62-64,66-69,71-72,74-76H,3-14,16,18-20,22,24,27-47,49,51-55,57,59-61H2,1-2H3,(H,70,73)/b17-15-,23-21-,26-25-,50-48+,58-56+. The number of nitrogens with one attached hydrogen (secondary N) is 1. The zero-order valence-corrected chi connectivity index (χ0v) is 50.9. The van der Waals surface area contributed by atoms with Gasteiger partial charge in [0.2, 0.25) is 5.91 Å². The Kier molecular flexibility index (Phi) is 55.0. The minimum Gasteiger partial charge on any atom is -0.394 e. The molecule has 6 N–H and O–H groups in total. The molecule has 0 aromatic carbocycles. The molecule has 0 aliphatic carbocycles. The molecular formula is C69H127NO8. The molecule has 456 valence electrons. The van der Waals surface area contributed by atoms with Crippen molar-refractivity contribution in [1.82, 2.24) is 5.32 Å². The third-order valence-electron chi connectivity index (χ3n) is 15.8. The number of aliphatic hydroxyl groups is 5. The van der Waals surface area contributed by atoms with Gasteiger partial charge in [-0.15, -0.1) is 0 Å². The van der Waals surface area contributed by atoms with Crippen molar-refractivity contribution in [3.63, 3.8) is 0 Å². The number of ether oxygens (including phenoxy) is 2. The molecule has 1 fully saturated rings. The molecule has 0 aromatic heterocycles. The average molecular weight is 1100 g/mol. The lowest BCUT2D eigenvalue weighted by molar-refractivity contribution is -0.302. The Balaban J connectivity index is 2.10. The fourth-order valence-electron chi connectivity index (χ4n) is 10.5. The van der Waals surface area contributed by atoms with Crippen LogP contribution in [0.5, 0.6) is 0 Å². The maximum Gasteiger partial charge on any atom is 0.220 e. The summed E-state index contributed by atoms with van der Waals surface area (Å²) in [4.78, 5) is 13.1. The second-order valence-electron chi connectivity index (χ2n) is 23.3. The number of rotatable bonds is 58. The van der Waals surface area contributed by atoms with E-state index in [1.165, 1.54) is 244 Å². The van der Waals surface area contributed by atoms with Crippen LogP contribution >= 0.6 is 0 Å². The lowest BCUT2D eigenvalue weighted by Crippen LogP contribution is -2.60. The van der Waals surface area contributed by atoms with Crippen LogP contribution < -0.4 is 5.32 Å². The Labute approximate surface area is 481 Å². The normalized spacial score (nSPS) is 19.0. The first-order valence-corrected chi connectivity index (χ1v) is 33.5. The highest BCUT2D eigenvalue weighted by Crippen LogP contribution is 2.23. The van der Waals surface area contributed by atoms with Gasteiger partial charge in [0.05, 0.1) is 25.4 Å². The van der Waals surface area contributed by atoms with E-state index in [0.717, 1.165) is 51.4 Å². The monoisotopic (exact) mass is 1100 g/mol. The highest BCUT2D eigenvalue weighted by Gasteiger charge is 2.44. The third kappa shape index (κ3) is 46.5. The van der Waals surface area contributed by atoms with Gasteiger partial charge in [-0.25, -0.2) is 0 Å². The Hall–Kier alpha value is -2.11. The molecule has 1 aliphatic heterocycles. The van der Waals surface area contributed by atoms with E-state index in [1.54, 1.807) is 6.08 Å². The molecule has 1 aliphatic rings. The van der Waals surface area contributed by atoms with Gasteiger partial charge < -0.3 is 40.3 Å². The molecule has 0 bridgehead atoms. The summed E-state index contributed by atoms with van der Waals surface area (Å²) in [5.41, 5.74) is 0. The predicted octanol–water partition coefficient (Wildman–Crippen LogP) is 17.8. The zero-order chi connectivity index (χ0) is 56.5. The second-order valence-corrected chi connectivity index (χ2v) is 23.3. The molecule has 1 rings (SSSR count). The number of aliphatic hydroxyl groups excluding tert-OH is 5. The molecule has 78 heavy (non-hydrogen) atoms. The molecule has 1 heterocycles. The minimum atomic E-state index is -1.57. The van der Waals surface area contributed by atoms with Crippen molar-refractivity contribution in [2.45, 2.75) is 358 Å². The first-order chi connectivity index (χ1) is 38.3. The molecule has 7 atom stereocenters. The Morgan fingerprint density at radius 1 is 0.436 bits per heavy atom. The van der Waals surface area contributed by atoms with Gasteiger partial charge in [-0.2, -0.15) is 0 Å². The summed E-state index contributed by atoms with van der Waals surface area (Å²) in [6, 6.07) is -0.822. The van der Waals surface area contributed by atoms with Gasteiger partial charge in [-0.1, -0.05) is 299 Å². The quantitative estimate of drug-likeness (QED) is 0.0261. The van der Waals surface area contributed by atoms with Gasteiger partial charge in [0.1, 0.15) is 24.4 Å². The first kappa shape index (κ1) is 73.9. The van der Waals surface area contributed by atoms with Crippen molar-refractivity contribution >= 4 is 5.91 Å². The van der Waals surface area contributed by atoms with Crippen molar-refractivity contribution in [2.75, 3.05) is 13.2 Å². The summed E-state index contributed by atoms with van der Waals surface area (Å²) in [5.74, 6) is -0.182. The molecule has 0 radical (unpaired) electrons. The van der Waals surface area contributed by atoms with Gasteiger partial charge in [-0.3, -0.25) is 4.79 Å². The van der Waals surface area contributed by atoms with E-state index in [-0.39, 0.29) is 12.5 Å². The molecule has 0 saturated carbocycles. The molecule has 9 heteroatoms. The number of amides is 1. The molecule has 9 nitrogen and oxygen atoms in total. The molecule has 7 unspecified atom stereocenters. The highest BCUT2D eigenvalue weighted by atomic mass is 16.7. The fourth-order valence-corrected chi connectivity index (χ4v) is 10.5. The Bertz CT molecular complexity index is 1410. The lowest BCUT2D eigenvalue weighted by atomic mass is 9.99. The highest BCUT2D eigenvalue weighted by molar-refractivity contribution is 5.76. The first-order valence-electron chi connectivity index (χ1n) is 33.5. The molecular weight excluding hydrogens is 971 g/mol. The summed E-state index contributed by atoms with van der Waals surface area (Å²) in [5, 5.41) is 54.6. The lowest BCUT2D eigenvalue weighted by Gasteiger charge is -2.40. The van der Waals surface area contributed by atoms with Crippen LogP contribution in [0.15, 0.2) is 60.8 Å². The van der Waals surface area contributed by atoms with Gasteiger partial charge >= 0.3 is 0 Å². The number of allylic oxidation sites excluding steroid dienone is 9. The van der Waals surface area contributed by atoms with Crippen LogP contribution in [0.25, 0.3) is 0 Å². The van der Waals surface area contributed by atoms with Crippen LogP contribution in [-0.4, -0.2) is 87.5 Å². The SMILES string of the molecule is CCCCCCC/C=C\C/C=C\C/C=C\CCCCCCCCCCCCCCCCCCCCCCCCC(=O)NC(COC1OC(CO)C(O)C(O)C1O)C(O)/C=C/CC/C=C/CCCCCCCCCCCCCC. The summed E-state index contributed by atoms with van der Waals surface area (Å²) in [6.07, 6.45) is 73.3. The van der Waals surface area contributed by atoms with E-state index in [4.69, 9.17) is 9.47 Å². The van der Waals surface area contributed by atoms with E-state index in [1.807, 2.05) is 6.08 Å². The van der Waals surface area contributed by atoms with E-state index in [0.29, 0.717) is 6.42 Å². The topological polar surface area (TPSA) is 149 Å². The molecule has 1 amide bonds. The van der Waals surface area contributed by atoms with Gasteiger partial charge in [-0.05, 0) is 70.6 Å². The largest absolute Gasteiger partial charge is 0.394 e.